The Balaban J connectivity index is 3.01. The number of aryl methyl sites for hydroxylation is 1. The van der Waals surface area contributed by atoms with Crippen LogP contribution in [0.2, 0.25) is 0 Å². The quantitative estimate of drug-likeness (QED) is 0.468. The zero-order valence-corrected chi connectivity index (χ0v) is 7.74. The Kier molecular flexibility index (Phi) is 2.63. The molecule has 5 N–H and O–H groups in total. The van der Waals surface area contributed by atoms with Gasteiger partial charge in [0.05, 0.1) is 5.69 Å². The van der Waals surface area contributed by atoms with Crippen LogP contribution in [0.15, 0.2) is 12.1 Å². The van der Waals surface area contributed by atoms with Crippen molar-refractivity contribution in [2.75, 3.05) is 11.5 Å². The maximum Gasteiger partial charge on any atom is 0.194 e. The molecule has 0 aliphatic heterocycles. The fourth-order valence-electron chi connectivity index (χ4n) is 1.00. The molecule has 1 unspecified atom stereocenters. The van der Waals surface area contributed by atoms with Gasteiger partial charge in [-0.2, -0.15) is 0 Å². The Hall–Kier alpha value is -1.42. The maximum absolute atomic E-state index is 8.98. The summed E-state index contributed by atoms with van der Waals surface area (Å²) in [6.45, 7) is 3.37. The smallest absolute Gasteiger partial charge is 0.194 e. The van der Waals surface area contributed by atoms with E-state index in [2.05, 4.69) is 0 Å². The van der Waals surface area contributed by atoms with E-state index in [0.29, 0.717) is 17.1 Å². The third-order valence-electron chi connectivity index (χ3n) is 1.70. The third kappa shape index (κ3) is 2.26. The number of ether oxygens (including phenoxy) is 1. The number of nitrogen functional groups attached to an aromatic ring is 2. The summed E-state index contributed by atoms with van der Waals surface area (Å²) in [7, 11) is 0. The molecule has 72 valence electrons. The van der Waals surface area contributed by atoms with Crippen LogP contribution in [0.3, 0.4) is 0 Å². The molecule has 4 nitrogen and oxygen atoms in total. The van der Waals surface area contributed by atoms with Crippen molar-refractivity contribution in [3.8, 4) is 5.75 Å². The number of hydrogen-bond donors (Lipinski definition) is 3. The molecular formula is C9H14N2O2. The maximum atomic E-state index is 8.98. The number of nitrogens with two attached hydrogens (primary N) is 2. The number of hydrogen-bond acceptors (Lipinski definition) is 4. The van der Waals surface area contributed by atoms with Gasteiger partial charge in [0.1, 0.15) is 5.75 Å². The van der Waals surface area contributed by atoms with Gasteiger partial charge in [-0.05, 0) is 31.5 Å². The first-order valence-corrected chi connectivity index (χ1v) is 4.01. The average Bonchev–Trinajstić information content (AvgIpc) is 1.99. The molecule has 1 aromatic rings. The fraction of sp³-hybridized carbons (Fsp3) is 0.333. The summed E-state index contributed by atoms with van der Waals surface area (Å²) in [5.41, 5.74) is 13.2. The van der Waals surface area contributed by atoms with Gasteiger partial charge >= 0.3 is 0 Å². The predicted octanol–water partition coefficient (Wildman–Crippen LogP) is 0.877. The van der Waals surface area contributed by atoms with Crippen molar-refractivity contribution in [2.45, 2.75) is 20.1 Å². The number of aliphatic hydroxyl groups excluding tert-OH is 1. The molecule has 0 amide bonds. The van der Waals surface area contributed by atoms with Crippen molar-refractivity contribution < 1.29 is 9.84 Å². The summed E-state index contributed by atoms with van der Waals surface area (Å²) in [5.74, 6) is 0.460. The molecule has 0 fully saturated rings. The van der Waals surface area contributed by atoms with Crippen molar-refractivity contribution in [1.29, 1.82) is 0 Å². The fourth-order valence-corrected chi connectivity index (χ4v) is 1.00. The van der Waals surface area contributed by atoms with E-state index in [1.807, 2.05) is 6.92 Å². The molecule has 0 heterocycles. The molecule has 0 saturated carbocycles. The lowest BCUT2D eigenvalue weighted by Gasteiger charge is -2.12. The highest BCUT2D eigenvalue weighted by atomic mass is 16.6. The minimum Gasteiger partial charge on any atom is -0.463 e. The standard InChI is InChI=1S/C9H14N2O2/c1-5-3-9(13-6(2)12)8(11)4-7(5)10/h3-4,6,12H,10-11H2,1-2H3. The Morgan fingerprint density at radius 2 is 1.92 bits per heavy atom. The Morgan fingerprint density at radius 3 is 2.46 bits per heavy atom. The summed E-state index contributed by atoms with van der Waals surface area (Å²) in [6, 6.07) is 3.32. The molecule has 0 aliphatic rings. The van der Waals surface area contributed by atoms with Crippen LogP contribution in [0.4, 0.5) is 11.4 Å². The van der Waals surface area contributed by atoms with Gasteiger partial charge in [-0.3, -0.25) is 0 Å². The van der Waals surface area contributed by atoms with E-state index >= 15 is 0 Å². The zero-order chi connectivity index (χ0) is 10.0. The summed E-state index contributed by atoms with van der Waals surface area (Å²) in [4.78, 5) is 0. The van der Waals surface area contributed by atoms with E-state index in [1.54, 1.807) is 12.1 Å². The lowest BCUT2D eigenvalue weighted by Crippen LogP contribution is -2.11. The Morgan fingerprint density at radius 1 is 1.31 bits per heavy atom. The third-order valence-corrected chi connectivity index (χ3v) is 1.70. The van der Waals surface area contributed by atoms with Crippen molar-refractivity contribution >= 4 is 11.4 Å². The molecule has 1 aromatic carbocycles. The van der Waals surface area contributed by atoms with Crippen molar-refractivity contribution in [3.63, 3.8) is 0 Å². The van der Waals surface area contributed by atoms with Gasteiger partial charge in [0.15, 0.2) is 6.29 Å². The summed E-state index contributed by atoms with van der Waals surface area (Å²) >= 11 is 0. The monoisotopic (exact) mass is 182 g/mol. The molecular weight excluding hydrogens is 168 g/mol. The van der Waals surface area contributed by atoms with Gasteiger partial charge in [0.2, 0.25) is 0 Å². The van der Waals surface area contributed by atoms with Crippen LogP contribution < -0.4 is 16.2 Å². The summed E-state index contributed by atoms with van der Waals surface area (Å²) in [6.07, 6.45) is -0.870. The Labute approximate surface area is 77.1 Å². The van der Waals surface area contributed by atoms with Gasteiger partial charge < -0.3 is 21.3 Å². The number of benzene rings is 1. The average molecular weight is 182 g/mol. The highest BCUT2D eigenvalue weighted by Gasteiger charge is 2.05. The van der Waals surface area contributed by atoms with Crippen molar-refractivity contribution in [3.05, 3.63) is 17.7 Å². The molecule has 4 heteroatoms. The molecule has 0 spiro atoms. The predicted molar refractivity (Wildman–Crippen MR) is 52.3 cm³/mol. The Bertz CT molecular complexity index is 311. The van der Waals surface area contributed by atoms with E-state index in [9.17, 15) is 0 Å². The van der Waals surface area contributed by atoms with Gasteiger partial charge in [0.25, 0.3) is 0 Å². The van der Waals surface area contributed by atoms with Gasteiger partial charge in [0, 0.05) is 5.69 Å². The van der Waals surface area contributed by atoms with Gasteiger partial charge in [-0.25, -0.2) is 0 Å². The lowest BCUT2D eigenvalue weighted by atomic mass is 10.1. The zero-order valence-electron chi connectivity index (χ0n) is 7.74. The first-order chi connectivity index (χ1) is 6.00. The highest BCUT2D eigenvalue weighted by molar-refractivity contribution is 5.64. The van der Waals surface area contributed by atoms with E-state index in [0.717, 1.165) is 5.56 Å². The molecule has 0 radical (unpaired) electrons. The SMILES string of the molecule is Cc1cc(OC(C)O)c(N)cc1N. The summed E-state index contributed by atoms with van der Waals surface area (Å²) < 4.78 is 5.06. The minimum absolute atomic E-state index is 0.434. The van der Waals surface area contributed by atoms with Crippen molar-refractivity contribution in [2.24, 2.45) is 0 Å². The first kappa shape index (κ1) is 9.67. The topological polar surface area (TPSA) is 81.5 Å². The second-order valence-corrected chi connectivity index (χ2v) is 2.96. The first-order valence-electron chi connectivity index (χ1n) is 4.01. The van der Waals surface area contributed by atoms with Gasteiger partial charge in [-0.1, -0.05) is 0 Å². The normalized spacial score (nSPS) is 12.5. The molecule has 1 rings (SSSR count). The highest BCUT2D eigenvalue weighted by Crippen LogP contribution is 2.27. The second kappa shape index (κ2) is 3.53. The second-order valence-electron chi connectivity index (χ2n) is 2.96. The lowest BCUT2D eigenvalue weighted by molar-refractivity contribution is 0.000254. The van der Waals surface area contributed by atoms with Crippen LogP contribution in [0.1, 0.15) is 12.5 Å². The number of aliphatic hydroxyl groups is 1. The van der Waals surface area contributed by atoms with E-state index in [4.69, 9.17) is 21.3 Å². The van der Waals surface area contributed by atoms with Crippen LogP contribution >= 0.6 is 0 Å². The van der Waals surface area contributed by atoms with Gasteiger partial charge in [-0.15, -0.1) is 0 Å². The van der Waals surface area contributed by atoms with Crippen LogP contribution in [0, 0.1) is 6.92 Å². The molecule has 0 aliphatic carbocycles. The van der Waals surface area contributed by atoms with Crippen LogP contribution in [0.5, 0.6) is 5.75 Å². The largest absolute Gasteiger partial charge is 0.463 e. The van der Waals surface area contributed by atoms with Crippen LogP contribution in [-0.4, -0.2) is 11.4 Å². The number of anilines is 2. The number of rotatable bonds is 2. The van der Waals surface area contributed by atoms with Crippen molar-refractivity contribution in [1.82, 2.24) is 0 Å². The van der Waals surface area contributed by atoms with Crippen LogP contribution in [-0.2, 0) is 0 Å². The van der Waals surface area contributed by atoms with E-state index < -0.39 is 6.29 Å². The van der Waals surface area contributed by atoms with Crippen LogP contribution in [0.25, 0.3) is 0 Å². The molecule has 0 bridgehead atoms. The van der Waals surface area contributed by atoms with E-state index in [1.165, 1.54) is 6.92 Å². The summed E-state index contributed by atoms with van der Waals surface area (Å²) in [5, 5.41) is 8.98. The molecule has 0 saturated heterocycles. The minimum atomic E-state index is -0.870. The molecule has 1 atom stereocenters. The molecule has 0 aromatic heterocycles. The molecule has 13 heavy (non-hydrogen) atoms. The van der Waals surface area contributed by atoms with E-state index in [-0.39, 0.29) is 0 Å².